The van der Waals surface area contributed by atoms with Crippen molar-refractivity contribution in [3.63, 3.8) is 0 Å². The number of rotatable bonds is 10. The summed E-state index contributed by atoms with van der Waals surface area (Å²) in [6, 6.07) is 10.9. The maximum atomic E-state index is 12.5. The zero-order chi connectivity index (χ0) is 19.7. The third-order valence-electron chi connectivity index (χ3n) is 4.15. The van der Waals surface area contributed by atoms with Gasteiger partial charge in [0.05, 0.1) is 19.8 Å². The number of hydrogen-bond acceptors (Lipinski definition) is 4. The van der Waals surface area contributed by atoms with Crippen LogP contribution in [0.5, 0.6) is 11.5 Å². The topological polar surface area (TPSA) is 42.5 Å². The summed E-state index contributed by atoms with van der Waals surface area (Å²) in [7, 11) is 3.27. The van der Waals surface area contributed by atoms with E-state index in [-0.39, 0.29) is 0 Å². The molecule has 0 saturated carbocycles. The van der Waals surface area contributed by atoms with Gasteiger partial charge in [-0.1, -0.05) is 12.1 Å². The molecule has 0 aromatic heterocycles. The quantitative estimate of drug-likeness (QED) is 0.616. The number of ether oxygens (including phenoxy) is 2. The van der Waals surface area contributed by atoms with E-state index in [1.165, 1.54) is 12.1 Å². The Labute approximate surface area is 157 Å². The van der Waals surface area contributed by atoms with E-state index in [2.05, 4.69) is 10.6 Å². The van der Waals surface area contributed by atoms with Crippen molar-refractivity contribution in [1.82, 2.24) is 10.6 Å². The number of benzene rings is 2. The van der Waals surface area contributed by atoms with Crippen LogP contribution in [-0.2, 0) is 19.1 Å². The minimum Gasteiger partial charge on any atom is -0.497 e. The predicted molar refractivity (Wildman–Crippen MR) is 99.3 cm³/mol. The Bertz CT molecular complexity index is 703. The molecule has 0 amide bonds. The first kappa shape index (κ1) is 21.1. The van der Waals surface area contributed by atoms with E-state index in [4.69, 9.17) is 9.47 Å². The smallest absolute Gasteiger partial charge is 0.416 e. The molecule has 0 aliphatic carbocycles. The predicted octanol–water partition coefficient (Wildman–Crippen LogP) is 3.64. The normalized spacial score (nSPS) is 11.4. The molecule has 2 aromatic carbocycles. The summed E-state index contributed by atoms with van der Waals surface area (Å²) >= 11 is 0. The number of methoxy groups -OCH3 is 2. The Morgan fingerprint density at radius 3 is 2.19 bits per heavy atom. The zero-order valence-electron chi connectivity index (χ0n) is 15.5. The molecule has 0 bridgehead atoms. The third kappa shape index (κ3) is 6.77. The van der Waals surface area contributed by atoms with Gasteiger partial charge in [-0.25, -0.2) is 0 Å². The zero-order valence-corrected chi connectivity index (χ0v) is 15.5. The standard InChI is InChI=1S/C20H25F3N2O2/c1-26-18-7-8-19(27-2)16(13-18)9-10-24-11-12-25-14-15-3-5-17(6-4-15)20(21,22)23/h3-8,13,24-25H,9-12,14H2,1-2H3. The first-order valence-electron chi connectivity index (χ1n) is 8.72. The second-order valence-corrected chi connectivity index (χ2v) is 6.05. The van der Waals surface area contributed by atoms with Crippen LogP contribution in [0.4, 0.5) is 13.2 Å². The highest BCUT2D eigenvalue weighted by molar-refractivity contribution is 5.40. The molecule has 0 unspecified atom stereocenters. The van der Waals surface area contributed by atoms with Gasteiger partial charge in [-0.05, 0) is 54.4 Å². The molecule has 7 heteroatoms. The van der Waals surface area contributed by atoms with Crippen LogP contribution in [0.3, 0.4) is 0 Å². The summed E-state index contributed by atoms with van der Waals surface area (Å²) in [6.07, 6.45) is -3.49. The van der Waals surface area contributed by atoms with Gasteiger partial charge in [0.1, 0.15) is 11.5 Å². The Hall–Kier alpha value is -2.25. The van der Waals surface area contributed by atoms with Crippen LogP contribution in [0, 0.1) is 0 Å². The maximum Gasteiger partial charge on any atom is 0.416 e. The molecule has 0 heterocycles. The highest BCUT2D eigenvalue weighted by Gasteiger charge is 2.29. The molecule has 0 radical (unpaired) electrons. The molecular weight excluding hydrogens is 357 g/mol. The molecule has 148 valence electrons. The van der Waals surface area contributed by atoms with Crippen LogP contribution in [0.1, 0.15) is 16.7 Å². The van der Waals surface area contributed by atoms with E-state index < -0.39 is 11.7 Å². The van der Waals surface area contributed by atoms with E-state index in [9.17, 15) is 13.2 Å². The van der Waals surface area contributed by atoms with E-state index in [1.54, 1.807) is 14.2 Å². The lowest BCUT2D eigenvalue weighted by atomic mass is 10.1. The molecule has 4 nitrogen and oxygen atoms in total. The Morgan fingerprint density at radius 1 is 0.852 bits per heavy atom. The van der Waals surface area contributed by atoms with Crippen molar-refractivity contribution in [2.45, 2.75) is 19.1 Å². The fourth-order valence-corrected chi connectivity index (χ4v) is 2.65. The summed E-state index contributed by atoms with van der Waals surface area (Å²) in [6.45, 7) is 2.79. The lowest BCUT2D eigenvalue weighted by Crippen LogP contribution is -2.28. The van der Waals surface area contributed by atoms with Gasteiger partial charge in [0.15, 0.2) is 0 Å². The van der Waals surface area contributed by atoms with E-state index in [0.717, 1.165) is 60.8 Å². The van der Waals surface area contributed by atoms with Gasteiger partial charge in [0.2, 0.25) is 0 Å². The summed E-state index contributed by atoms with van der Waals surface area (Å²) in [5.74, 6) is 1.63. The molecular formula is C20H25F3N2O2. The van der Waals surface area contributed by atoms with E-state index >= 15 is 0 Å². The molecule has 0 fully saturated rings. The molecule has 0 aliphatic heterocycles. The second kappa shape index (κ2) is 10.2. The molecule has 2 N–H and O–H groups in total. The van der Waals surface area contributed by atoms with Crippen LogP contribution < -0.4 is 20.1 Å². The van der Waals surface area contributed by atoms with Crippen LogP contribution in [0.15, 0.2) is 42.5 Å². The van der Waals surface area contributed by atoms with Crippen molar-refractivity contribution in [2.75, 3.05) is 33.9 Å². The Balaban J connectivity index is 1.65. The van der Waals surface area contributed by atoms with E-state index in [1.807, 2.05) is 18.2 Å². The van der Waals surface area contributed by atoms with Gasteiger partial charge >= 0.3 is 6.18 Å². The van der Waals surface area contributed by atoms with Gasteiger partial charge in [-0.2, -0.15) is 13.2 Å². The molecule has 2 rings (SSSR count). The Kier molecular flexibility index (Phi) is 7.94. The average molecular weight is 382 g/mol. The summed E-state index contributed by atoms with van der Waals surface area (Å²) < 4.78 is 48.1. The molecule has 0 atom stereocenters. The van der Waals surface area contributed by atoms with Crippen LogP contribution >= 0.6 is 0 Å². The van der Waals surface area contributed by atoms with Crippen LogP contribution in [0.25, 0.3) is 0 Å². The van der Waals surface area contributed by atoms with Crippen LogP contribution in [0.2, 0.25) is 0 Å². The monoisotopic (exact) mass is 382 g/mol. The van der Waals surface area contributed by atoms with Crippen molar-refractivity contribution in [3.8, 4) is 11.5 Å². The number of halogens is 3. The molecule has 0 aliphatic rings. The molecule has 2 aromatic rings. The third-order valence-corrected chi connectivity index (χ3v) is 4.15. The van der Waals surface area contributed by atoms with Gasteiger partial charge in [-0.3, -0.25) is 0 Å². The minimum atomic E-state index is -4.29. The number of nitrogens with one attached hydrogen (secondary N) is 2. The van der Waals surface area contributed by atoms with Crippen LogP contribution in [-0.4, -0.2) is 33.9 Å². The van der Waals surface area contributed by atoms with Crippen molar-refractivity contribution >= 4 is 0 Å². The van der Waals surface area contributed by atoms with Crippen molar-refractivity contribution in [2.24, 2.45) is 0 Å². The molecule has 0 spiro atoms. The minimum absolute atomic E-state index is 0.531. The number of hydrogen-bond donors (Lipinski definition) is 2. The Morgan fingerprint density at radius 2 is 1.56 bits per heavy atom. The lowest BCUT2D eigenvalue weighted by Gasteiger charge is -2.11. The van der Waals surface area contributed by atoms with E-state index in [0.29, 0.717) is 6.54 Å². The molecule has 27 heavy (non-hydrogen) atoms. The second-order valence-electron chi connectivity index (χ2n) is 6.05. The van der Waals surface area contributed by atoms with Crippen molar-refractivity contribution in [3.05, 3.63) is 59.2 Å². The van der Waals surface area contributed by atoms with Crippen molar-refractivity contribution in [1.29, 1.82) is 0 Å². The fourth-order valence-electron chi connectivity index (χ4n) is 2.65. The largest absolute Gasteiger partial charge is 0.497 e. The van der Waals surface area contributed by atoms with Gasteiger partial charge < -0.3 is 20.1 Å². The summed E-state index contributed by atoms with van der Waals surface area (Å²) in [4.78, 5) is 0. The highest BCUT2D eigenvalue weighted by Crippen LogP contribution is 2.29. The number of alkyl halides is 3. The van der Waals surface area contributed by atoms with Crippen molar-refractivity contribution < 1.29 is 22.6 Å². The SMILES string of the molecule is COc1ccc(OC)c(CCNCCNCc2ccc(C(F)(F)F)cc2)c1. The molecule has 0 saturated heterocycles. The van der Waals surface area contributed by atoms with Gasteiger partial charge in [-0.15, -0.1) is 0 Å². The fraction of sp³-hybridized carbons (Fsp3) is 0.400. The average Bonchev–Trinajstić information content (AvgIpc) is 2.66. The lowest BCUT2D eigenvalue weighted by molar-refractivity contribution is -0.137. The van der Waals surface area contributed by atoms with Gasteiger partial charge in [0, 0.05) is 19.6 Å². The summed E-state index contributed by atoms with van der Waals surface area (Å²) in [5.41, 5.74) is 1.27. The first-order chi connectivity index (χ1) is 12.9. The first-order valence-corrected chi connectivity index (χ1v) is 8.72. The maximum absolute atomic E-state index is 12.5. The summed E-state index contributed by atoms with van der Waals surface area (Å²) in [5, 5.41) is 6.54. The highest BCUT2D eigenvalue weighted by atomic mass is 19.4. The van der Waals surface area contributed by atoms with Gasteiger partial charge in [0.25, 0.3) is 0 Å².